The maximum Gasteiger partial charge on any atom is 0.144 e. The Morgan fingerprint density at radius 3 is 3.00 bits per heavy atom. The number of hydrogen-bond acceptors (Lipinski definition) is 4. The average Bonchev–Trinajstić information content (AvgIpc) is 2.69. The van der Waals surface area contributed by atoms with Crippen molar-refractivity contribution in [3.8, 4) is 0 Å². The molecular formula is C11H12NO3S. The highest BCUT2D eigenvalue weighted by Gasteiger charge is 2.17. The zero-order valence-electron chi connectivity index (χ0n) is 8.90. The highest BCUT2D eigenvalue weighted by Crippen LogP contribution is 2.20. The molecule has 0 bridgehead atoms. The third kappa shape index (κ3) is 2.24. The number of rotatable bonds is 3. The van der Waals surface area contributed by atoms with Crippen LogP contribution >= 0.6 is 0 Å². The molecule has 4 nitrogen and oxygen atoms in total. The van der Waals surface area contributed by atoms with Crippen LogP contribution in [0.3, 0.4) is 0 Å². The Morgan fingerprint density at radius 2 is 2.38 bits per heavy atom. The van der Waals surface area contributed by atoms with Gasteiger partial charge in [0.2, 0.25) is 0 Å². The second-order valence-electron chi connectivity index (χ2n) is 3.61. The largest absolute Gasteiger partial charge is 0.395 e. The first-order chi connectivity index (χ1) is 7.68. The van der Waals surface area contributed by atoms with Crippen LogP contribution in [-0.4, -0.2) is 20.7 Å². The van der Waals surface area contributed by atoms with Gasteiger partial charge < -0.3 is 4.84 Å². The second-order valence-corrected chi connectivity index (χ2v) is 4.60. The quantitative estimate of drug-likeness (QED) is 0.800. The summed E-state index contributed by atoms with van der Waals surface area (Å²) < 4.78 is 21.6. The summed E-state index contributed by atoms with van der Waals surface area (Å²) in [6.45, 7) is 2.46. The SMILES string of the molecule is Cc1[c]ccc(C[SH](=O)=O)c1C1=NOCC1. The fraction of sp³-hybridized carbons (Fsp3) is 0.364. The first kappa shape index (κ1) is 11.1. The van der Waals surface area contributed by atoms with Crippen LogP contribution in [-0.2, 0) is 21.3 Å². The van der Waals surface area contributed by atoms with Crippen LogP contribution in [0.5, 0.6) is 0 Å². The monoisotopic (exact) mass is 238 g/mol. The first-order valence-electron chi connectivity index (χ1n) is 4.99. The van der Waals surface area contributed by atoms with Crippen molar-refractivity contribution in [2.24, 2.45) is 5.16 Å². The third-order valence-electron chi connectivity index (χ3n) is 2.47. The van der Waals surface area contributed by atoms with Gasteiger partial charge in [-0.05, 0) is 24.1 Å². The molecule has 16 heavy (non-hydrogen) atoms. The van der Waals surface area contributed by atoms with Crippen molar-refractivity contribution in [1.29, 1.82) is 0 Å². The fourth-order valence-corrected chi connectivity index (χ4v) is 2.36. The standard InChI is InChI=1S/C11H12NO3S/c1-8-3-2-4-9(7-16(13)14)11(8)10-5-6-15-12-10/h2,4,16H,5-7H2,1H3. The number of benzene rings is 1. The summed E-state index contributed by atoms with van der Waals surface area (Å²) in [5, 5.41) is 3.93. The van der Waals surface area contributed by atoms with Gasteiger partial charge in [-0.25, -0.2) is 8.42 Å². The lowest BCUT2D eigenvalue weighted by Crippen LogP contribution is -2.06. The van der Waals surface area contributed by atoms with Gasteiger partial charge in [-0.15, -0.1) is 0 Å². The lowest BCUT2D eigenvalue weighted by molar-refractivity contribution is 0.174. The van der Waals surface area contributed by atoms with Gasteiger partial charge in [0.25, 0.3) is 0 Å². The topological polar surface area (TPSA) is 55.7 Å². The molecule has 1 aromatic carbocycles. The zero-order chi connectivity index (χ0) is 11.5. The minimum absolute atomic E-state index is 0.0409. The van der Waals surface area contributed by atoms with Crippen LogP contribution in [0, 0.1) is 13.0 Å². The molecule has 0 unspecified atom stereocenters. The number of hydrogen-bond donors (Lipinski definition) is 1. The summed E-state index contributed by atoms with van der Waals surface area (Å²) in [5.74, 6) is 0.0409. The molecule has 1 heterocycles. The molecule has 0 amide bonds. The van der Waals surface area contributed by atoms with E-state index in [0.29, 0.717) is 6.61 Å². The van der Waals surface area contributed by atoms with Gasteiger partial charge >= 0.3 is 0 Å². The van der Waals surface area contributed by atoms with E-state index in [1.807, 2.05) is 6.92 Å². The van der Waals surface area contributed by atoms with Crippen LogP contribution in [0.4, 0.5) is 0 Å². The number of oxime groups is 1. The Kier molecular flexibility index (Phi) is 3.24. The molecule has 0 spiro atoms. The summed E-state index contributed by atoms with van der Waals surface area (Å²) in [5.41, 5.74) is 3.38. The molecule has 2 rings (SSSR count). The number of nitrogens with zero attached hydrogens (tertiary/aromatic N) is 1. The van der Waals surface area contributed by atoms with E-state index >= 15 is 0 Å². The number of thiol groups is 1. The van der Waals surface area contributed by atoms with Gasteiger partial charge in [-0.1, -0.05) is 17.3 Å². The van der Waals surface area contributed by atoms with E-state index in [9.17, 15) is 8.42 Å². The zero-order valence-corrected chi connectivity index (χ0v) is 9.79. The Bertz CT molecular complexity index is 498. The van der Waals surface area contributed by atoms with Crippen LogP contribution in [0.15, 0.2) is 17.3 Å². The maximum atomic E-state index is 10.8. The summed E-state index contributed by atoms with van der Waals surface area (Å²) in [6, 6.07) is 6.57. The highest BCUT2D eigenvalue weighted by atomic mass is 32.2. The summed E-state index contributed by atoms with van der Waals surface area (Å²) >= 11 is 0. The Balaban J connectivity index is 2.47. The minimum Gasteiger partial charge on any atom is -0.395 e. The van der Waals surface area contributed by atoms with Crippen molar-refractivity contribution in [2.45, 2.75) is 19.1 Å². The molecule has 1 aromatic rings. The molecule has 0 saturated carbocycles. The Hall–Kier alpha value is -1.36. The molecule has 0 fully saturated rings. The second kappa shape index (κ2) is 4.65. The molecule has 0 saturated heterocycles. The molecule has 1 aliphatic rings. The average molecular weight is 238 g/mol. The van der Waals surface area contributed by atoms with Gasteiger partial charge in [-0.2, -0.15) is 0 Å². The van der Waals surface area contributed by atoms with Gasteiger partial charge in [0, 0.05) is 12.0 Å². The number of aryl methyl sites for hydroxylation is 1. The van der Waals surface area contributed by atoms with Gasteiger partial charge in [-0.3, -0.25) is 0 Å². The highest BCUT2D eigenvalue weighted by molar-refractivity contribution is 7.71. The summed E-state index contributed by atoms with van der Waals surface area (Å²) in [6.07, 6.45) is 0.724. The minimum atomic E-state index is -2.43. The molecule has 0 aromatic heterocycles. The smallest absolute Gasteiger partial charge is 0.144 e. The van der Waals surface area contributed by atoms with Crippen molar-refractivity contribution in [1.82, 2.24) is 0 Å². The molecule has 1 aliphatic heterocycles. The molecule has 85 valence electrons. The van der Waals surface area contributed by atoms with E-state index in [1.54, 1.807) is 12.1 Å². The van der Waals surface area contributed by atoms with Crippen molar-refractivity contribution < 1.29 is 13.3 Å². The van der Waals surface area contributed by atoms with Crippen molar-refractivity contribution >= 4 is 16.4 Å². The summed E-state index contributed by atoms with van der Waals surface area (Å²) in [4.78, 5) is 4.95. The van der Waals surface area contributed by atoms with Gasteiger partial charge in [0.1, 0.15) is 17.3 Å². The molecule has 0 atom stereocenters. The van der Waals surface area contributed by atoms with Crippen LogP contribution in [0.1, 0.15) is 23.1 Å². The summed E-state index contributed by atoms with van der Waals surface area (Å²) in [7, 11) is -2.43. The van der Waals surface area contributed by atoms with Crippen LogP contribution in [0.25, 0.3) is 0 Å². The van der Waals surface area contributed by atoms with Gasteiger partial charge in [0.05, 0.1) is 11.5 Å². The predicted octanol–water partition coefficient (Wildman–Crippen LogP) is 1.03. The molecular weight excluding hydrogens is 226 g/mol. The van der Waals surface area contributed by atoms with Gasteiger partial charge in [0.15, 0.2) is 0 Å². The van der Waals surface area contributed by atoms with E-state index < -0.39 is 10.7 Å². The van der Waals surface area contributed by atoms with E-state index in [4.69, 9.17) is 4.84 Å². The third-order valence-corrected chi connectivity index (χ3v) is 3.07. The van der Waals surface area contributed by atoms with E-state index in [0.717, 1.165) is 28.8 Å². The lowest BCUT2D eigenvalue weighted by atomic mass is 9.97. The molecule has 5 heteroatoms. The Morgan fingerprint density at radius 1 is 1.56 bits per heavy atom. The van der Waals surface area contributed by atoms with E-state index in [1.165, 1.54) is 0 Å². The normalized spacial score (nSPS) is 15.0. The molecule has 0 aliphatic carbocycles. The van der Waals surface area contributed by atoms with Crippen molar-refractivity contribution in [3.05, 3.63) is 34.9 Å². The Labute approximate surface area is 95.9 Å². The first-order valence-corrected chi connectivity index (χ1v) is 6.36. The maximum absolute atomic E-state index is 10.8. The lowest BCUT2D eigenvalue weighted by Gasteiger charge is -2.08. The molecule has 1 radical (unpaired) electrons. The predicted molar refractivity (Wildman–Crippen MR) is 61.1 cm³/mol. The van der Waals surface area contributed by atoms with Crippen LogP contribution < -0.4 is 0 Å². The van der Waals surface area contributed by atoms with Crippen LogP contribution in [0.2, 0.25) is 0 Å². The van der Waals surface area contributed by atoms with Crippen molar-refractivity contribution in [2.75, 3.05) is 6.61 Å². The molecule has 0 N–H and O–H groups in total. The van der Waals surface area contributed by atoms with E-state index in [2.05, 4.69) is 11.2 Å². The van der Waals surface area contributed by atoms with E-state index in [-0.39, 0.29) is 5.75 Å². The fourth-order valence-electron chi connectivity index (χ4n) is 1.82. The van der Waals surface area contributed by atoms with Crippen molar-refractivity contribution in [3.63, 3.8) is 0 Å².